The highest BCUT2D eigenvalue weighted by Gasteiger charge is 2.36. The van der Waals surface area contributed by atoms with Gasteiger partial charge in [0.2, 0.25) is 22.7 Å². The van der Waals surface area contributed by atoms with Gasteiger partial charge in [0.1, 0.15) is 5.01 Å². The number of hydrogen-bond donors (Lipinski definition) is 2. The summed E-state index contributed by atoms with van der Waals surface area (Å²) in [4.78, 5) is 19.1. The Labute approximate surface area is 235 Å². The number of rotatable bonds is 10. The van der Waals surface area contributed by atoms with Crippen molar-refractivity contribution >= 4 is 48.2 Å². The number of hydrogen-bond acceptors (Lipinski definition) is 11. The standard InChI is InChI=1S/C25H25N5O7S3/c1-2-13-40(34,35)22(23-29-28-21(37-23)15-26-39(32)33)24-27-19-8-7-18(14-20(19)38-24)16-3-5-17(6-4-16)25(31)30-9-11-36-12-10-30/h2-8,14,22,39H,1,9-13,15H2,(H,26,32,33). The average Bonchev–Trinajstić information content (AvgIpc) is 3.58. The Morgan fingerprint density at radius 3 is 2.55 bits per heavy atom. The number of aromatic nitrogens is 3. The number of carbonyl (C=O) groups is 1. The maximum atomic E-state index is 13.2. The number of amides is 1. The smallest absolute Gasteiger partial charge is 0.254 e. The van der Waals surface area contributed by atoms with Crippen molar-refractivity contribution in [1.82, 2.24) is 24.8 Å². The van der Waals surface area contributed by atoms with E-state index in [2.05, 4.69) is 26.5 Å². The Bertz CT molecular complexity index is 1710. The fraction of sp³-hybridized carbons (Fsp3) is 0.280. The zero-order valence-corrected chi connectivity index (χ0v) is 23.6. The Morgan fingerprint density at radius 2 is 1.85 bits per heavy atom. The van der Waals surface area contributed by atoms with E-state index in [-0.39, 0.29) is 35.0 Å². The molecule has 1 N–H and O–H groups in total. The van der Waals surface area contributed by atoms with E-state index in [1.54, 1.807) is 23.1 Å². The first-order valence-electron chi connectivity index (χ1n) is 12.2. The van der Waals surface area contributed by atoms with Gasteiger partial charge in [0, 0.05) is 18.7 Å². The van der Waals surface area contributed by atoms with Crippen molar-refractivity contribution in [3.05, 3.63) is 77.5 Å². The number of benzene rings is 2. The monoisotopic (exact) mass is 603 g/mol. The number of carbonyl (C=O) groups excluding carboxylic acids is 1. The molecule has 4 aromatic rings. The Balaban J connectivity index is 1.44. The number of fused-ring (bicyclic) bond motifs is 1. The lowest BCUT2D eigenvalue weighted by molar-refractivity contribution is 0.0303. The third-order valence-corrected chi connectivity index (χ3v) is 9.66. The van der Waals surface area contributed by atoms with Gasteiger partial charge in [0.05, 0.1) is 35.7 Å². The molecule has 2 aromatic carbocycles. The molecule has 1 aliphatic heterocycles. The van der Waals surface area contributed by atoms with E-state index in [9.17, 15) is 21.6 Å². The number of nitrogens with zero attached hydrogens (tertiary/aromatic N) is 4. The maximum Gasteiger partial charge on any atom is 0.254 e. The SMILES string of the molecule is C=CCS(=O)(=O)C(c1nnc(CN[SH](=O)=O)o1)c1nc2ccc(-c3ccc(C(=O)N4CCOCC4)cc3)cc2s1. The highest BCUT2D eigenvalue weighted by molar-refractivity contribution is 7.92. The van der Waals surface area contributed by atoms with E-state index in [0.29, 0.717) is 37.4 Å². The van der Waals surface area contributed by atoms with Crippen LogP contribution in [0.5, 0.6) is 0 Å². The van der Waals surface area contributed by atoms with Crippen LogP contribution in [0, 0.1) is 0 Å². The van der Waals surface area contributed by atoms with Crippen molar-refractivity contribution in [2.75, 3.05) is 32.1 Å². The second kappa shape index (κ2) is 11.9. The van der Waals surface area contributed by atoms with Gasteiger partial charge in [-0.3, -0.25) is 4.79 Å². The van der Waals surface area contributed by atoms with Crippen molar-refractivity contribution in [2.45, 2.75) is 11.8 Å². The highest BCUT2D eigenvalue weighted by Crippen LogP contribution is 2.37. The zero-order chi connectivity index (χ0) is 28.3. The summed E-state index contributed by atoms with van der Waals surface area (Å²) >= 11 is 1.18. The lowest BCUT2D eigenvalue weighted by Crippen LogP contribution is -2.40. The maximum absolute atomic E-state index is 13.2. The third kappa shape index (κ3) is 6.13. The molecule has 210 valence electrons. The minimum absolute atomic E-state index is 0.0361. The summed E-state index contributed by atoms with van der Waals surface area (Å²) in [5.41, 5.74) is 2.94. The molecule has 40 heavy (non-hydrogen) atoms. The molecule has 0 spiro atoms. The van der Waals surface area contributed by atoms with Crippen molar-refractivity contribution in [3.63, 3.8) is 0 Å². The summed E-state index contributed by atoms with van der Waals surface area (Å²) in [6, 6.07) is 12.9. The van der Waals surface area contributed by atoms with Gasteiger partial charge in [-0.05, 0) is 35.4 Å². The molecule has 0 bridgehead atoms. The molecule has 1 amide bonds. The van der Waals surface area contributed by atoms with Crippen LogP contribution in [0.4, 0.5) is 0 Å². The fourth-order valence-electron chi connectivity index (χ4n) is 4.24. The second-order valence-electron chi connectivity index (χ2n) is 8.84. The molecule has 0 aliphatic carbocycles. The predicted molar refractivity (Wildman–Crippen MR) is 149 cm³/mol. The van der Waals surface area contributed by atoms with Crippen LogP contribution in [0.25, 0.3) is 21.3 Å². The van der Waals surface area contributed by atoms with Gasteiger partial charge >= 0.3 is 0 Å². The summed E-state index contributed by atoms with van der Waals surface area (Å²) in [7, 11) is -6.77. The molecule has 15 heteroatoms. The van der Waals surface area contributed by atoms with Gasteiger partial charge in [-0.1, -0.05) is 24.3 Å². The van der Waals surface area contributed by atoms with E-state index >= 15 is 0 Å². The minimum atomic E-state index is -3.88. The summed E-state index contributed by atoms with van der Waals surface area (Å²) < 4.78 is 61.7. The Hall–Kier alpha value is -3.50. The van der Waals surface area contributed by atoms with Gasteiger partial charge < -0.3 is 14.1 Å². The second-order valence-corrected chi connectivity index (χ2v) is 12.9. The van der Waals surface area contributed by atoms with E-state index in [1.807, 2.05) is 24.3 Å². The van der Waals surface area contributed by atoms with Crippen LogP contribution in [0.3, 0.4) is 0 Å². The van der Waals surface area contributed by atoms with Crippen LogP contribution in [0.1, 0.15) is 32.4 Å². The summed E-state index contributed by atoms with van der Waals surface area (Å²) in [5.74, 6) is -0.672. The number of morpholine rings is 1. The number of nitrogens with one attached hydrogen (secondary N) is 1. The van der Waals surface area contributed by atoms with Crippen molar-refractivity contribution < 1.29 is 30.8 Å². The number of thiazole rings is 1. The molecule has 12 nitrogen and oxygen atoms in total. The molecule has 5 rings (SSSR count). The first kappa shape index (κ1) is 28.0. The molecule has 1 unspecified atom stereocenters. The van der Waals surface area contributed by atoms with Crippen molar-refractivity contribution in [2.24, 2.45) is 0 Å². The zero-order valence-electron chi connectivity index (χ0n) is 21.1. The first-order valence-corrected chi connectivity index (χ1v) is 15.9. The highest BCUT2D eigenvalue weighted by atomic mass is 32.2. The average molecular weight is 604 g/mol. The van der Waals surface area contributed by atoms with Crippen LogP contribution in [0.15, 0.2) is 59.5 Å². The number of thiol groups is 1. The molecule has 0 radical (unpaired) electrons. The van der Waals surface area contributed by atoms with E-state index in [1.165, 1.54) is 17.4 Å². The van der Waals surface area contributed by atoms with E-state index in [4.69, 9.17) is 9.15 Å². The summed E-state index contributed by atoms with van der Waals surface area (Å²) in [6.07, 6.45) is 1.27. The molecule has 0 saturated carbocycles. The third-order valence-electron chi connectivity index (χ3n) is 6.17. The molecule has 2 aromatic heterocycles. The van der Waals surface area contributed by atoms with Crippen molar-refractivity contribution in [1.29, 1.82) is 0 Å². The first-order chi connectivity index (χ1) is 19.2. The quantitative estimate of drug-likeness (QED) is 0.203. The Kier molecular flexibility index (Phi) is 8.37. The van der Waals surface area contributed by atoms with E-state index < -0.39 is 26.0 Å². The van der Waals surface area contributed by atoms with Gasteiger partial charge in [-0.15, -0.1) is 28.1 Å². The molecule has 1 saturated heterocycles. The molecular formula is C25H25N5O7S3. The largest absolute Gasteiger partial charge is 0.422 e. The molecule has 1 aliphatic rings. The fourth-order valence-corrected chi connectivity index (χ4v) is 7.35. The van der Waals surface area contributed by atoms with Crippen LogP contribution >= 0.6 is 11.3 Å². The van der Waals surface area contributed by atoms with Crippen LogP contribution in [0.2, 0.25) is 0 Å². The van der Waals surface area contributed by atoms with Gasteiger partial charge in [-0.25, -0.2) is 26.5 Å². The van der Waals surface area contributed by atoms with E-state index in [0.717, 1.165) is 15.8 Å². The Morgan fingerprint density at radius 1 is 1.12 bits per heavy atom. The van der Waals surface area contributed by atoms with Crippen LogP contribution in [-0.2, 0) is 32.0 Å². The van der Waals surface area contributed by atoms with Crippen molar-refractivity contribution in [3.8, 4) is 11.1 Å². The summed E-state index contributed by atoms with van der Waals surface area (Å²) in [5, 5.41) is 6.53. The predicted octanol–water partition coefficient (Wildman–Crippen LogP) is 2.12. The molecule has 3 heterocycles. The number of sulfone groups is 1. The van der Waals surface area contributed by atoms with Gasteiger partial charge in [-0.2, -0.15) is 0 Å². The normalized spacial score (nSPS) is 15.0. The topological polar surface area (TPSA) is 162 Å². The summed E-state index contributed by atoms with van der Waals surface area (Å²) in [6.45, 7) is 5.47. The lowest BCUT2D eigenvalue weighted by Gasteiger charge is -2.26. The van der Waals surface area contributed by atoms with Crippen LogP contribution in [-0.4, -0.2) is 74.9 Å². The minimum Gasteiger partial charge on any atom is -0.422 e. The number of ether oxygens (including phenoxy) is 1. The van der Waals surface area contributed by atoms with Crippen LogP contribution < -0.4 is 4.72 Å². The van der Waals surface area contributed by atoms with Gasteiger partial charge in [0.15, 0.2) is 15.1 Å². The molecule has 1 fully saturated rings. The lowest BCUT2D eigenvalue weighted by atomic mass is 10.0. The van der Waals surface area contributed by atoms with Gasteiger partial charge in [0.25, 0.3) is 5.91 Å². The molecular weight excluding hydrogens is 579 g/mol. The molecule has 1 atom stereocenters.